The number of hydrogen-bond donors (Lipinski definition) is 2. The van der Waals surface area contributed by atoms with Gasteiger partial charge in [0, 0.05) is 43.8 Å². The maximum atomic E-state index is 10.7. The molecule has 1 fully saturated rings. The molecule has 2 N–H and O–H groups in total. The van der Waals surface area contributed by atoms with Gasteiger partial charge in [0.25, 0.3) is 0 Å². The molecular weight excluding hydrogens is 440 g/mol. The summed E-state index contributed by atoms with van der Waals surface area (Å²) in [5.74, 6) is 1.39. The van der Waals surface area contributed by atoms with Crippen molar-refractivity contribution in [3.63, 3.8) is 0 Å². The molecule has 1 saturated heterocycles. The lowest BCUT2D eigenvalue weighted by Crippen LogP contribution is -2.45. The molecular formula is C26H29ClN2O2S. The number of piperidine rings is 1. The quantitative estimate of drug-likeness (QED) is 0.346. The van der Waals surface area contributed by atoms with Gasteiger partial charge in [0.1, 0.15) is 18.5 Å². The molecule has 6 heteroatoms. The number of aromatic nitrogens is 1. The average molecular weight is 469 g/mol. The smallest absolute Gasteiger partial charge is 0.128 e. The Labute approximate surface area is 197 Å². The summed E-state index contributed by atoms with van der Waals surface area (Å²) in [5.41, 5.74) is 2.17. The van der Waals surface area contributed by atoms with Gasteiger partial charge in [0.15, 0.2) is 0 Å². The molecule has 3 heterocycles. The third kappa shape index (κ3) is 4.53. The summed E-state index contributed by atoms with van der Waals surface area (Å²) in [5, 5.41) is 13.8. The number of rotatable bonds is 6. The summed E-state index contributed by atoms with van der Waals surface area (Å²) < 4.78 is 7.30. The number of nitrogens with zero attached hydrogens (tertiary/aromatic N) is 1. The number of aromatic amines is 1. The largest absolute Gasteiger partial charge is 0.490 e. The predicted molar refractivity (Wildman–Crippen MR) is 134 cm³/mol. The number of aliphatic hydroxyl groups is 1. The molecule has 0 spiro atoms. The fraction of sp³-hybridized carbons (Fsp3) is 0.385. The first kappa shape index (κ1) is 21.8. The number of likely N-dealkylation sites (tertiary alicyclic amines) is 1. The van der Waals surface area contributed by atoms with Crippen LogP contribution in [0.1, 0.15) is 36.3 Å². The SMILES string of the molecule is Cc1cc2c(OC[C@@H](O)CN3CC[C@H](c4cc5cc(Cl)ccc5s4)C[C@H]3C)cccc2[nH]1. The zero-order valence-electron chi connectivity index (χ0n) is 18.5. The maximum absolute atomic E-state index is 10.7. The van der Waals surface area contributed by atoms with Crippen molar-refractivity contribution in [2.75, 3.05) is 19.7 Å². The average Bonchev–Trinajstić information content (AvgIpc) is 3.36. The monoisotopic (exact) mass is 468 g/mol. The Morgan fingerprint density at radius 1 is 1.25 bits per heavy atom. The van der Waals surface area contributed by atoms with Gasteiger partial charge in [-0.25, -0.2) is 0 Å². The number of hydrogen-bond acceptors (Lipinski definition) is 4. The van der Waals surface area contributed by atoms with E-state index in [1.165, 1.54) is 15.0 Å². The van der Waals surface area contributed by atoms with Crippen LogP contribution in [0.2, 0.25) is 5.02 Å². The number of β-amino-alcohol motifs (C(OH)–C–C–N with tert-alkyl or cyclic N) is 1. The molecule has 5 rings (SSSR count). The first-order valence-electron chi connectivity index (χ1n) is 11.3. The van der Waals surface area contributed by atoms with Crippen molar-refractivity contribution < 1.29 is 9.84 Å². The summed E-state index contributed by atoms with van der Waals surface area (Å²) >= 11 is 8.05. The number of ether oxygens (including phenoxy) is 1. The van der Waals surface area contributed by atoms with Gasteiger partial charge in [-0.2, -0.15) is 0 Å². The molecule has 32 heavy (non-hydrogen) atoms. The van der Waals surface area contributed by atoms with Gasteiger partial charge in [-0.15, -0.1) is 11.3 Å². The fourth-order valence-corrected chi connectivity index (χ4v) is 6.26. The van der Waals surface area contributed by atoms with Crippen LogP contribution in [0.4, 0.5) is 0 Å². The highest BCUT2D eigenvalue weighted by Gasteiger charge is 2.28. The van der Waals surface area contributed by atoms with Crippen molar-refractivity contribution >= 4 is 43.9 Å². The van der Waals surface area contributed by atoms with E-state index in [0.717, 1.165) is 46.8 Å². The van der Waals surface area contributed by atoms with Crippen molar-refractivity contribution in [2.24, 2.45) is 0 Å². The highest BCUT2D eigenvalue weighted by Crippen LogP contribution is 2.39. The number of aliphatic hydroxyl groups excluding tert-OH is 1. The van der Waals surface area contributed by atoms with E-state index in [1.54, 1.807) is 0 Å². The van der Waals surface area contributed by atoms with Crippen LogP contribution < -0.4 is 4.74 Å². The lowest BCUT2D eigenvalue weighted by Gasteiger charge is -2.38. The molecule has 0 unspecified atom stereocenters. The Balaban J connectivity index is 1.17. The standard InChI is InChI=1S/C26H29ClN2O2S/c1-16-10-22-23(28-16)4-3-5-24(22)31-15-21(30)14-29-9-8-18(11-17(29)2)26-13-19-12-20(27)6-7-25(19)32-26/h3-7,10,12-13,17-18,21,28,30H,8-9,11,14-15H2,1-2H3/t17-,18+,21+/m1/s1. The van der Waals surface area contributed by atoms with Crippen molar-refractivity contribution in [2.45, 2.75) is 44.8 Å². The van der Waals surface area contributed by atoms with E-state index in [2.05, 4.69) is 41.1 Å². The van der Waals surface area contributed by atoms with Gasteiger partial charge in [-0.1, -0.05) is 17.7 Å². The molecule has 4 nitrogen and oxygen atoms in total. The van der Waals surface area contributed by atoms with Crippen LogP contribution in [0.15, 0.2) is 48.5 Å². The van der Waals surface area contributed by atoms with E-state index >= 15 is 0 Å². The molecule has 2 aromatic heterocycles. The number of thiophene rings is 1. The van der Waals surface area contributed by atoms with Crippen molar-refractivity contribution in [1.29, 1.82) is 0 Å². The van der Waals surface area contributed by atoms with Crippen LogP contribution in [-0.2, 0) is 0 Å². The number of aryl methyl sites for hydroxylation is 1. The van der Waals surface area contributed by atoms with E-state index in [4.69, 9.17) is 16.3 Å². The number of halogens is 1. The second-order valence-electron chi connectivity index (χ2n) is 9.03. The Hall–Kier alpha value is -2.05. The zero-order chi connectivity index (χ0) is 22.2. The minimum absolute atomic E-state index is 0.299. The second kappa shape index (κ2) is 9.06. The molecule has 0 saturated carbocycles. The van der Waals surface area contributed by atoms with Crippen LogP contribution >= 0.6 is 22.9 Å². The van der Waals surface area contributed by atoms with Crippen LogP contribution in [0, 0.1) is 6.92 Å². The van der Waals surface area contributed by atoms with Gasteiger partial charge in [0.2, 0.25) is 0 Å². The van der Waals surface area contributed by atoms with E-state index in [1.807, 2.05) is 42.5 Å². The van der Waals surface area contributed by atoms with Gasteiger partial charge in [-0.05, 0) is 87.0 Å². The molecule has 1 aliphatic rings. The van der Waals surface area contributed by atoms with Gasteiger partial charge < -0.3 is 14.8 Å². The summed E-state index contributed by atoms with van der Waals surface area (Å²) in [4.78, 5) is 7.18. The first-order chi connectivity index (χ1) is 15.5. The molecule has 0 radical (unpaired) electrons. The number of nitrogens with one attached hydrogen (secondary N) is 1. The summed E-state index contributed by atoms with van der Waals surface area (Å²) in [6.45, 7) is 6.24. The summed E-state index contributed by atoms with van der Waals surface area (Å²) in [7, 11) is 0. The van der Waals surface area contributed by atoms with Crippen molar-refractivity contribution in [3.8, 4) is 5.75 Å². The second-order valence-corrected chi connectivity index (χ2v) is 10.6. The van der Waals surface area contributed by atoms with Crippen LogP contribution in [-0.4, -0.2) is 46.8 Å². The fourth-order valence-electron chi connectivity index (χ4n) is 4.89. The lowest BCUT2D eigenvalue weighted by atomic mass is 9.90. The van der Waals surface area contributed by atoms with Crippen molar-refractivity contribution in [3.05, 3.63) is 64.1 Å². The normalized spacial score (nSPS) is 20.8. The minimum atomic E-state index is -0.518. The molecule has 0 aliphatic carbocycles. The van der Waals surface area contributed by atoms with Gasteiger partial charge in [-0.3, -0.25) is 4.90 Å². The van der Waals surface area contributed by atoms with E-state index < -0.39 is 6.10 Å². The van der Waals surface area contributed by atoms with E-state index in [0.29, 0.717) is 25.1 Å². The molecule has 2 aromatic carbocycles. The molecule has 0 amide bonds. The summed E-state index contributed by atoms with van der Waals surface area (Å²) in [6, 6.07) is 17.0. The number of fused-ring (bicyclic) bond motifs is 2. The summed E-state index contributed by atoms with van der Waals surface area (Å²) in [6.07, 6.45) is 1.70. The zero-order valence-corrected chi connectivity index (χ0v) is 20.0. The molecule has 3 atom stereocenters. The number of H-pyrrole nitrogens is 1. The van der Waals surface area contributed by atoms with Crippen LogP contribution in [0.3, 0.4) is 0 Å². The third-order valence-corrected chi connectivity index (χ3v) is 8.06. The minimum Gasteiger partial charge on any atom is -0.490 e. The van der Waals surface area contributed by atoms with Gasteiger partial charge >= 0.3 is 0 Å². The third-order valence-electron chi connectivity index (χ3n) is 6.55. The molecule has 4 aromatic rings. The molecule has 168 valence electrons. The van der Waals surface area contributed by atoms with Crippen LogP contribution in [0.25, 0.3) is 21.0 Å². The lowest BCUT2D eigenvalue weighted by molar-refractivity contribution is 0.0408. The van der Waals surface area contributed by atoms with E-state index in [9.17, 15) is 5.11 Å². The molecule has 1 aliphatic heterocycles. The first-order valence-corrected chi connectivity index (χ1v) is 12.5. The Morgan fingerprint density at radius 2 is 2.12 bits per heavy atom. The molecule has 0 bridgehead atoms. The predicted octanol–water partition coefficient (Wildman–Crippen LogP) is 6.35. The highest BCUT2D eigenvalue weighted by atomic mass is 35.5. The number of benzene rings is 2. The van der Waals surface area contributed by atoms with E-state index in [-0.39, 0.29) is 0 Å². The Bertz CT molecular complexity index is 1230. The Kier molecular flexibility index (Phi) is 6.17. The highest BCUT2D eigenvalue weighted by molar-refractivity contribution is 7.19. The van der Waals surface area contributed by atoms with Crippen molar-refractivity contribution in [1.82, 2.24) is 9.88 Å². The maximum Gasteiger partial charge on any atom is 0.128 e. The van der Waals surface area contributed by atoms with Gasteiger partial charge in [0.05, 0.1) is 0 Å². The topological polar surface area (TPSA) is 48.5 Å². The Morgan fingerprint density at radius 3 is 2.97 bits per heavy atom. The van der Waals surface area contributed by atoms with Crippen LogP contribution in [0.5, 0.6) is 5.75 Å².